The number of carboxylic acid groups (broad SMARTS) is 5. The van der Waals surface area contributed by atoms with Crippen LogP contribution in [-0.4, -0.2) is 141 Å². The Morgan fingerprint density at radius 1 is 0.744 bits per heavy atom. The number of hydrogen-bond acceptors (Lipinski definition) is 10. The molecule has 0 saturated carbocycles. The van der Waals surface area contributed by atoms with Crippen molar-refractivity contribution in [2.75, 3.05) is 57.7 Å². The van der Waals surface area contributed by atoms with Crippen LogP contribution in [0.4, 0.5) is 5.69 Å². The first-order valence-corrected chi connectivity index (χ1v) is 11.9. The van der Waals surface area contributed by atoms with Gasteiger partial charge in [-0.05, 0) is 31.0 Å². The first-order valence-electron chi connectivity index (χ1n) is 11.9. The Morgan fingerprint density at radius 3 is 1.59 bits per heavy atom. The molecule has 15 nitrogen and oxygen atoms in total. The number of nitrogens with one attached hydrogen (secondary N) is 1. The summed E-state index contributed by atoms with van der Waals surface area (Å²) >= 11 is 0. The molecule has 0 unspecified atom stereocenters. The van der Waals surface area contributed by atoms with Crippen molar-refractivity contribution in [2.45, 2.75) is 25.4 Å². The molecule has 15 heteroatoms. The molecule has 0 radical (unpaired) electrons. The van der Waals surface area contributed by atoms with Gasteiger partial charge in [0.15, 0.2) is 0 Å². The smallest absolute Gasteiger partial charge is 0.317 e. The fraction of sp³-hybridized carbons (Fsp3) is 0.500. The van der Waals surface area contributed by atoms with Crippen molar-refractivity contribution in [1.82, 2.24) is 14.7 Å². The lowest BCUT2D eigenvalue weighted by Gasteiger charge is -2.39. The third-order valence-corrected chi connectivity index (χ3v) is 5.59. The van der Waals surface area contributed by atoms with Crippen LogP contribution in [0, 0.1) is 0 Å². The molecule has 6 N–H and O–H groups in total. The molecule has 0 saturated heterocycles. The van der Waals surface area contributed by atoms with Crippen molar-refractivity contribution in [3.63, 3.8) is 0 Å². The lowest BCUT2D eigenvalue weighted by atomic mass is 10.0. The predicted octanol–water partition coefficient (Wildman–Crippen LogP) is -1.07. The number of hydrogen-bond donors (Lipinski definition) is 6. The molecule has 216 valence electrons. The van der Waals surface area contributed by atoms with Crippen molar-refractivity contribution in [3.8, 4) is 0 Å². The Kier molecular flexibility index (Phi) is 14.1. The van der Waals surface area contributed by atoms with Crippen LogP contribution in [0.15, 0.2) is 24.3 Å². The first-order chi connectivity index (χ1) is 18.3. The quantitative estimate of drug-likeness (QED) is 0.0994. The average Bonchev–Trinajstić information content (AvgIpc) is 2.79. The minimum Gasteiger partial charge on any atom is -0.480 e. The molecule has 0 aliphatic carbocycles. The molecule has 1 rings (SSSR count). The highest BCUT2D eigenvalue weighted by molar-refractivity contribution is 5.73. The Labute approximate surface area is 224 Å². The standard InChI is InChI=1S/C24H34N4O11/c1-16(9-26(11-20(30)31)12-21(32)33)28(15-24(38)39)19(10-27(13-22(34)35)14-23(36)37)8-17-2-4-18(5-3-17)25-6-7-29/h2-5,7,16,19,25H,6,8-15H2,1H3,(H,30,31)(H,32,33)(H,34,35)(H,36,37)(H,38,39)/t16-,19+/m0/s1. The van der Waals surface area contributed by atoms with E-state index in [2.05, 4.69) is 5.32 Å². The highest BCUT2D eigenvalue weighted by Gasteiger charge is 2.31. The van der Waals surface area contributed by atoms with Gasteiger partial charge >= 0.3 is 29.8 Å². The zero-order chi connectivity index (χ0) is 29.5. The molecule has 0 fully saturated rings. The zero-order valence-corrected chi connectivity index (χ0v) is 21.4. The van der Waals surface area contributed by atoms with Gasteiger partial charge in [0.1, 0.15) is 6.29 Å². The number of carbonyl (C=O) groups is 6. The summed E-state index contributed by atoms with van der Waals surface area (Å²) in [5, 5.41) is 49.4. The van der Waals surface area contributed by atoms with E-state index in [0.717, 1.165) is 9.80 Å². The largest absolute Gasteiger partial charge is 0.480 e. The summed E-state index contributed by atoms with van der Waals surface area (Å²) in [5.41, 5.74) is 1.34. The third-order valence-electron chi connectivity index (χ3n) is 5.59. The highest BCUT2D eigenvalue weighted by Crippen LogP contribution is 2.17. The van der Waals surface area contributed by atoms with Crippen molar-refractivity contribution >= 4 is 41.8 Å². The Hall–Kier alpha value is -4.08. The van der Waals surface area contributed by atoms with E-state index >= 15 is 0 Å². The number of rotatable bonds is 21. The summed E-state index contributed by atoms with van der Waals surface area (Å²) in [6, 6.07) is 5.31. The summed E-state index contributed by atoms with van der Waals surface area (Å²) in [5.74, 6) is -6.37. The molecule has 0 amide bonds. The van der Waals surface area contributed by atoms with Gasteiger partial charge in [0.2, 0.25) is 0 Å². The number of nitrogens with zero attached hydrogens (tertiary/aromatic N) is 3. The Bertz CT molecular complexity index is 970. The van der Waals surface area contributed by atoms with Crippen LogP contribution in [0.2, 0.25) is 0 Å². The molecular formula is C24H34N4O11. The number of anilines is 1. The predicted molar refractivity (Wildman–Crippen MR) is 136 cm³/mol. The molecule has 0 aliphatic heterocycles. The number of benzene rings is 1. The van der Waals surface area contributed by atoms with Gasteiger partial charge in [-0.15, -0.1) is 0 Å². The molecule has 0 bridgehead atoms. The SMILES string of the molecule is C[C@@H](CN(CC(=O)O)CC(=O)O)N(CC(=O)O)[C@H](Cc1ccc(NCC=O)cc1)CN(CC(=O)O)CC(=O)O. The molecule has 0 aromatic heterocycles. The molecule has 0 spiro atoms. The number of aliphatic carboxylic acids is 5. The van der Waals surface area contributed by atoms with Gasteiger partial charge in [-0.2, -0.15) is 0 Å². The second kappa shape index (κ2) is 16.7. The van der Waals surface area contributed by atoms with Crippen LogP contribution in [0.3, 0.4) is 0 Å². The topological polar surface area (TPSA) is 225 Å². The summed E-state index contributed by atoms with van der Waals surface area (Å²) < 4.78 is 0. The second-order valence-electron chi connectivity index (χ2n) is 8.93. The van der Waals surface area contributed by atoms with Crippen LogP contribution >= 0.6 is 0 Å². The van der Waals surface area contributed by atoms with Crippen molar-refractivity contribution in [3.05, 3.63) is 29.8 Å². The highest BCUT2D eigenvalue weighted by atomic mass is 16.4. The normalized spacial score (nSPS) is 12.7. The van der Waals surface area contributed by atoms with E-state index in [-0.39, 0.29) is 26.1 Å². The van der Waals surface area contributed by atoms with Gasteiger partial charge < -0.3 is 35.6 Å². The van der Waals surface area contributed by atoms with Crippen molar-refractivity contribution < 1.29 is 54.3 Å². The van der Waals surface area contributed by atoms with Gasteiger partial charge in [-0.3, -0.25) is 38.7 Å². The van der Waals surface area contributed by atoms with Crippen molar-refractivity contribution in [1.29, 1.82) is 0 Å². The minimum atomic E-state index is -1.28. The van der Waals surface area contributed by atoms with Crippen LogP contribution in [0.25, 0.3) is 0 Å². The van der Waals surface area contributed by atoms with E-state index in [9.17, 15) is 54.3 Å². The maximum Gasteiger partial charge on any atom is 0.317 e. The van der Waals surface area contributed by atoms with Gasteiger partial charge in [0.05, 0.1) is 39.3 Å². The molecule has 2 atom stereocenters. The average molecular weight is 555 g/mol. The third kappa shape index (κ3) is 13.9. The van der Waals surface area contributed by atoms with E-state index in [1.807, 2.05) is 0 Å². The Morgan fingerprint density at radius 2 is 1.18 bits per heavy atom. The molecule has 1 aromatic rings. The fourth-order valence-corrected chi connectivity index (χ4v) is 4.19. The Balaban J connectivity index is 3.39. The summed E-state index contributed by atoms with van der Waals surface area (Å²) in [7, 11) is 0. The van der Waals surface area contributed by atoms with Crippen LogP contribution in [-0.2, 0) is 35.2 Å². The van der Waals surface area contributed by atoms with Gasteiger partial charge in [0, 0.05) is 30.9 Å². The maximum atomic E-state index is 11.8. The summed E-state index contributed by atoms with van der Waals surface area (Å²) in [6.45, 7) is -1.68. The van der Waals surface area contributed by atoms with E-state index in [1.165, 1.54) is 4.90 Å². The van der Waals surface area contributed by atoms with Gasteiger partial charge in [0.25, 0.3) is 0 Å². The van der Waals surface area contributed by atoms with Crippen LogP contribution < -0.4 is 5.32 Å². The lowest BCUT2D eigenvalue weighted by molar-refractivity contribution is -0.144. The second-order valence-corrected chi connectivity index (χ2v) is 8.93. The van der Waals surface area contributed by atoms with E-state index in [1.54, 1.807) is 31.2 Å². The molecule has 1 aromatic carbocycles. The van der Waals surface area contributed by atoms with Crippen molar-refractivity contribution in [2.24, 2.45) is 0 Å². The van der Waals surface area contributed by atoms with E-state index in [4.69, 9.17) is 0 Å². The number of aldehydes is 1. The molecular weight excluding hydrogens is 520 g/mol. The minimum absolute atomic E-state index is 0.0917. The monoisotopic (exact) mass is 554 g/mol. The van der Waals surface area contributed by atoms with E-state index < -0.39 is 74.7 Å². The summed E-state index contributed by atoms with van der Waals surface area (Å²) in [4.78, 5) is 71.4. The first kappa shape index (κ1) is 32.9. The van der Waals surface area contributed by atoms with Gasteiger partial charge in [-0.25, -0.2) is 0 Å². The van der Waals surface area contributed by atoms with Crippen LogP contribution in [0.1, 0.15) is 12.5 Å². The lowest BCUT2D eigenvalue weighted by Crippen LogP contribution is -2.55. The number of carbonyl (C=O) groups excluding carboxylic acids is 1. The fourth-order valence-electron chi connectivity index (χ4n) is 4.19. The van der Waals surface area contributed by atoms with Gasteiger partial charge in [-0.1, -0.05) is 12.1 Å². The number of carboxylic acids is 5. The maximum absolute atomic E-state index is 11.8. The molecule has 0 heterocycles. The summed E-state index contributed by atoms with van der Waals surface area (Å²) in [6.07, 6.45) is 0.839. The van der Waals surface area contributed by atoms with Crippen LogP contribution in [0.5, 0.6) is 0 Å². The molecule has 39 heavy (non-hydrogen) atoms. The zero-order valence-electron chi connectivity index (χ0n) is 21.4. The van der Waals surface area contributed by atoms with E-state index in [0.29, 0.717) is 17.5 Å². The molecule has 0 aliphatic rings.